The van der Waals surface area contributed by atoms with E-state index < -0.39 is 35.1 Å². The van der Waals surface area contributed by atoms with Gasteiger partial charge in [-0.2, -0.15) is 26.3 Å². The van der Waals surface area contributed by atoms with Crippen molar-refractivity contribution in [1.82, 2.24) is 9.88 Å². The maximum atomic E-state index is 13.3. The first kappa shape index (κ1) is 23.0. The highest BCUT2D eigenvalue weighted by Crippen LogP contribution is 2.38. The van der Waals surface area contributed by atoms with Crippen molar-refractivity contribution in [3.05, 3.63) is 70.4 Å². The van der Waals surface area contributed by atoms with Crippen molar-refractivity contribution >= 4 is 22.5 Å². The van der Waals surface area contributed by atoms with Crippen molar-refractivity contribution in [3.8, 4) is 0 Å². The van der Waals surface area contributed by atoms with Crippen molar-refractivity contribution in [2.75, 3.05) is 18.4 Å². The molecule has 10 heteroatoms. The van der Waals surface area contributed by atoms with Crippen LogP contribution in [0.15, 0.2) is 42.5 Å². The number of hydrogen-bond acceptors (Lipinski definition) is 3. The van der Waals surface area contributed by atoms with Crippen LogP contribution in [0.1, 0.15) is 39.7 Å². The molecule has 0 spiro atoms. The van der Waals surface area contributed by atoms with E-state index in [4.69, 9.17) is 0 Å². The van der Waals surface area contributed by atoms with Gasteiger partial charge in [0.25, 0.3) is 5.91 Å². The normalized spacial score (nSPS) is 14.9. The molecule has 0 fully saturated rings. The fourth-order valence-corrected chi connectivity index (χ4v) is 4.00. The van der Waals surface area contributed by atoms with Crippen molar-refractivity contribution in [2.45, 2.75) is 32.2 Å². The Kier molecular flexibility index (Phi) is 5.81. The van der Waals surface area contributed by atoms with E-state index in [-0.39, 0.29) is 11.6 Å². The van der Waals surface area contributed by atoms with Gasteiger partial charge in [0.05, 0.1) is 22.2 Å². The lowest BCUT2D eigenvalue weighted by Crippen LogP contribution is -2.33. The summed E-state index contributed by atoms with van der Waals surface area (Å²) in [4.78, 5) is 20.0. The van der Waals surface area contributed by atoms with Gasteiger partial charge in [-0.3, -0.25) is 14.7 Å². The van der Waals surface area contributed by atoms with Crippen LogP contribution in [-0.2, 0) is 25.3 Å². The number of benzene rings is 2. The zero-order chi connectivity index (χ0) is 24.0. The van der Waals surface area contributed by atoms with Crippen LogP contribution in [0, 0.1) is 0 Å². The molecule has 0 saturated heterocycles. The van der Waals surface area contributed by atoms with Gasteiger partial charge in [0.2, 0.25) is 0 Å². The summed E-state index contributed by atoms with van der Waals surface area (Å²) < 4.78 is 79.3. The number of carbonyl (C=O) groups is 1. The molecule has 2 aromatic carbocycles. The minimum Gasteiger partial charge on any atom is -0.322 e. The Balaban J connectivity index is 1.82. The molecule has 0 radical (unpaired) electrons. The number of fused-ring (bicyclic) bond motifs is 2. The number of nitrogens with zero attached hydrogens (tertiary/aromatic N) is 2. The van der Waals surface area contributed by atoms with Crippen LogP contribution in [0.4, 0.5) is 32.0 Å². The highest BCUT2D eigenvalue weighted by Gasteiger charge is 2.37. The number of rotatable bonds is 3. The predicted molar refractivity (Wildman–Crippen MR) is 111 cm³/mol. The number of pyridine rings is 1. The molecule has 0 aliphatic carbocycles. The van der Waals surface area contributed by atoms with Gasteiger partial charge >= 0.3 is 12.4 Å². The molecule has 33 heavy (non-hydrogen) atoms. The molecule has 1 aliphatic heterocycles. The summed E-state index contributed by atoms with van der Waals surface area (Å²) in [6.07, 6.45) is -9.44. The molecule has 1 N–H and O–H groups in total. The summed E-state index contributed by atoms with van der Waals surface area (Å²) >= 11 is 0. The second-order valence-electron chi connectivity index (χ2n) is 7.80. The third kappa shape index (κ3) is 4.66. The number of amides is 1. The molecule has 1 aliphatic rings. The summed E-state index contributed by atoms with van der Waals surface area (Å²) in [7, 11) is 0. The van der Waals surface area contributed by atoms with Gasteiger partial charge < -0.3 is 5.32 Å². The largest absolute Gasteiger partial charge is 0.416 e. The predicted octanol–water partition coefficient (Wildman–Crippen LogP) is 5.90. The van der Waals surface area contributed by atoms with Gasteiger partial charge in [0, 0.05) is 41.8 Å². The molecule has 4 nitrogen and oxygen atoms in total. The Hall–Kier alpha value is -3.14. The van der Waals surface area contributed by atoms with Gasteiger partial charge in [-0.25, -0.2) is 0 Å². The molecule has 2 heterocycles. The molecule has 1 aromatic heterocycles. The van der Waals surface area contributed by atoms with Gasteiger partial charge in [-0.15, -0.1) is 0 Å². The Morgan fingerprint density at radius 1 is 1.03 bits per heavy atom. The van der Waals surface area contributed by atoms with Crippen molar-refractivity contribution in [2.24, 2.45) is 0 Å². The molecule has 174 valence electrons. The van der Waals surface area contributed by atoms with Gasteiger partial charge in [-0.1, -0.05) is 25.1 Å². The van der Waals surface area contributed by atoms with E-state index in [0.29, 0.717) is 47.3 Å². The lowest BCUT2D eigenvalue weighted by Gasteiger charge is -2.29. The summed E-state index contributed by atoms with van der Waals surface area (Å²) in [6.45, 7) is 3.82. The lowest BCUT2D eigenvalue weighted by atomic mass is 9.95. The molecule has 0 atom stereocenters. The van der Waals surface area contributed by atoms with Crippen LogP contribution < -0.4 is 5.32 Å². The van der Waals surface area contributed by atoms with Crippen LogP contribution in [0.3, 0.4) is 0 Å². The maximum Gasteiger partial charge on any atom is 0.416 e. The SMILES string of the molecule is CCN1CCc2nc3ccccc3c(C(=O)Nc3cc(C(F)(F)F)cc(C(F)(F)F)c3)c2C1. The highest BCUT2D eigenvalue weighted by molar-refractivity contribution is 6.13. The Morgan fingerprint density at radius 2 is 1.67 bits per heavy atom. The third-order valence-corrected chi connectivity index (χ3v) is 5.65. The number of nitrogens with one attached hydrogen (secondary N) is 1. The highest BCUT2D eigenvalue weighted by atomic mass is 19.4. The minimum atomic E-state index is -5.01. The zero-order valence-corrected chi connectivity index (χ0v) is 17.4. The molecule has 4 rings (SSSR count). The van der Waals surface area contributed by atoms with Gasteiger partial charge in [0.1, 0.15) is 0 Å². The summed E-state index contributed by atoms with van der Waals surface area (Å²) in [5.41, 5.74) is -1.50. The number of alkyl halides is 6. The number of anilines is 1. The van der Waals surface area contributed by atoms with Crippen molar-refractivity contribution < 1.29 is 31.1 Å². The quantitative estimate of drug-likeness (QED) is 0.488. The molecule has 0 unspecified atom stereocenters. The van der Waals surface area contributed by atoms with Crippen LogP contribution in [0.5, 0.6) is 0 Å². The van der Waals surface area contributed by atoms with E-state index >= 15 is 0 Å². The average Bonchev–Trinajstić information content (AvgIpc) is 2.75. The number of likely N-dealkylation sites (N-methyl/N-ethyl adjacent to an activating group) is 1. The summed E-state index contributed by atoms with van der Waals surface area (Å²) in [5.74, 6) is -0.782. The van der Waals surface area contributed by atoms with E-state index in [1.54, 1.807) is 24.3 Å². The number of para-hydroxylation sites is 1. The Morgan fingerprint density at radius 3 is 2.27 bits per heavy atom. The third-order valence-electron chi connectivity index (χ3n) is 5.65. The van der Waals surface area contributed by atoms with Crippen molar-refractivity contribution in [3.63, 3.8) is 0 Å². The van der Waals surface area contributed by atoms with E-state index in [0.717, 1.165) is 13.1 Å². The standard InChI is InChI=1S/C23H19F6N3O/c1-2-32-8-7-19-17(12-32)20(16-5-3-4-6-18(16)31-19)21(33)30-15-10-13(22(24,25)26)9-14(11-15)23(27,28)29/h3-6,9-11H,2,7-8,12H2,1H3,(H,30,33). The number of aromatic nitrogens is 1. The lowest BCUT2D eigenvalue weighted by molar-refractivity contribution is -0.143. The van der Waals surface area contributed by atoms with Gasteiger partial charge in [-0.05, 0) is 30.8 Å². The fourth-order valence-electron chi connectivity index (χ4n) is 4.00. The van der Waals surface area contributed by atoms with Crippen LogP contribution in [-0.4, -0.2) is 28.9 Å². The smallest absolute Gasteiger partial charge is 0.322 e. The second-order valence-corrected chi connectivity index (χ2v) is 7.80. The summed E-state index contributed by atoms with van der Waals surface area (Å²) in [5, 5.41) is 2.75. The molecular formula is C23H19F6N3O. The Labute approximate surface area is 185 Å². The summed E-state index contributed by atoms with van der Waals surface area (Å²) in [6, 6.07) is 7.84. The first-order chi connectivity index (χ1) is 15.5. The Bertz CT molecular complexity index is 1190. The van der Waals surface area contributed by atoms with E-state index in [2.05, 4.69) is 15.2 Å². The monoisotopic (exact) mass is 467 g/mol. The van der Waals surface area contributed by atoms with E-state index in [1.807, 2.05) is 6.92 Å². The topological polar surface area (TPSA) is 45.2 Å². The second kappa shape index (κ2) is 8.33. The number of halogens is 6. The van der Waals surface area contributed by atoms with Gasteiger partial charge in [0.15, 0.2) is 0 Å². The van der Waals surface area contributed by atoms with Crippen LogP contribution in [0.25, 0.3) is 10.9 Å². The molecular weight excluding hydrogens is 448 g/mol. The first-order valence-electron chi connectivity index (χ1n) is 10.2. The van der Waals surface area contributed by atoms with Crippen LogP contribution in [0.2, 0.25) is 0 Å². The molecule has 3 aromatic rings. The molecule has 0 bridgehead atoms. The average molecular weight is 467 g/mol. The van der Waals surface area contributed by atoms with E-state index in [9.17, 15) is 31.1 Å². The minimum absolute atomic E-state index is 0.0263. The number of hydrogen-bond donors (Lipinski definition) is 1. The first-order valence-corrected chi connectivity index (χ1v) is 10.2. The van der Waals surface area contributed by atoms with Crippen LogP contribution >= 0.6 is 0 Å². The maximum absolute atomic E-state index is 13.3. The molecule has 0 saturated carbocycles. The van der Waals surface area contributed by atoms with E-state index in [1.165, 1.54) is 0 Å². The number of carbonyl (C=O) groups excluding carboxylic acids is 1. The molecule has 1 amide bonds. The fraction of sp³-hybridized carbons (Fsp3) is 0.304. The van der Waals surface area contributed by atoms with Crippen molar-refractivity contribution in [1.29, 1.82) is 0 Å². The zero-order valence-electron chi connectivity index (χ0n) is 17.4.